The van der Waals surface area contributed by atoms with Crippen LogP contribution in [0.25, 0.3) is 0 Å². The van der Waals surface area contributed by atoms with E-state index in [9.17, 15) is 40.9 Å². The zero-order chi connectivity index (χ0) is 22.2. The van der Waals surface area contributed by atoms with Crippen LogP contribution >= 0.6 is 0 Å². The van der Waals surface area contributed by atoms with Crippen molar-refractivity contribution in [2.45, 2.75) is 86.6 Å². The molecule has 3 aliphatic heterocycles. The number of hydrogen-bond acceptors (Lipinski definition) is 13. The summed E-state index contributed by atoms with van der Waals surface area (Å²) < 4.78 is 21.9. The van der Waals surface area contributed by atoms with Crippen molar-refractivity contribution in [1.29, 1.82) is 0 Å². The van der Waals surface area contributed by atoms with Crippen molar-refractivity contribution in [3.8, 4) is 0 Å². The van der Waals surface area contributed by atoms with Crippen LogP contribution < -0.4 is 5.32 Å². The summed E-state index contributed by atoms with van der Waals surface area (Å²) in [7, 11) is 0. The van der Waals surface area contributed by atoms with Crippen molar-refractivity contribution in [2.24, 2.45) is 0 Å². The molecule has 0 radical (unpaired) electrons. The van der Waals surface area contributed by atoms with Crippen LogP contribution in [0.15, 0.2) is 0 Å². The minimum Gasteiger partial charge on any atom is -0.395 e. The largest absolute Gasteiger partial charge is 0.395 e. The fraction of sp³-hybridized carbons (Fsp3) is 1.00. The molecular formula is C17H31NO12. The summed E-state index contributed by atoms with van der Waals surface area (Å²) in [5.74, 6) is 0. The summed E-state index contributed by atoms with van der Waals surface area (Å²) in [6.07, 6.45) is -16.2. The van der Waals surface area contributed by atoms with Crippen molar-refractivity contribution in [3.63, 3.8) is 0 Å². The molecule has 0 amide bonds. The predicted octanol–water partition coefficient (Wildman–Crippen LogP) is -5.65. The number of hydrogen-bond donors (Lipinski definition) is 9. The minimum atomic E-state index is -1.67. The van der Waals surface area contributed by atoms with Crippen LogP contribution in [0.2, 0.25) is 0 Å². The molecule has 13 heteroatoms. The zero-order valence-corrected chi connectivity index (χ0v) is 16.3. The lowest BCUT2D eigenvalue weighted by molar-refractivity contribution is -0.361. The van der Waals surface area contributed by atoms with Crippen molar-refractivity contribution < 1.29 is 59.8 Å². The highest BCUT2D eigenvalue weighted by molar-refractivity contribution is 4.96. The molecule has 0 aliphatic carbocycles. The van der Waals surface area contributed by atoms with E-state index in [4.69, 9.17) is 18.9 Å². The van der Waals surface area contributed by atoms with Gasteiger partial charge in [0.25, 0.3) is 0 Å². The van der Waals surface area contributed by atoms with Gasteiger partial charge in [-0.15, -0.1) is 0 Å². The Kier molecular flexibility index (Phi) is 8.01. The Morgan fingerprint density at radius 2 is 1.37 bits per heavy atom. The highest BCUT2D eigenvalue weighted by atomic mass is 16.7. The van der Waals surface area contributed by atoms with Crippen LogP contribution in [-0.2, 0) is 18.9 Å². The van der Waals surface area contributed by atoms with Crippen LogP contribution in [0, 0.1) is 0 Å². The van der Waals surface area contributed by atoms with Crippen LogP contribution in [0.1, 0.15) is 6.92 Å². The molecule has 3 aliphatic rings. The third-order valence-electron chi connectivity index (χ3n) is 5.77. The van der Waals surface area contributed by atoms with E-state index in [0.717, 1.165) is 0 Å². The van der Waals surface area contributed by atoms with E-state index in [0.29, 0.717) is 0 Å². The van der Waals surface area contributed by atoms with Crippen molar-refractivity contribution in [1.82, 2.24) is 5.32 Å². The Balaban J connectivity index is 1.68. The van der Waals surface area contributed by atoms with Gasteiger partial charge in [-0.3, -0.25) is 0 Å². The molecular weight excluding hydrogens is 410 g/mol. The molecule has 0 bridgehead atoms. The Bertz CT molecular complexity index is 555. The predicted molar refractivity (Wildman–Crippen MR) is 94.7 cm³/mol. The molecule has 3 fully saturated rings. The Morgan fingerprint density at radius 3 is 2.00 bits per heavy atom. The van der Waals surface area contributed by atoms with Gasteiger partial charge in [-0.25, -0.2) is 0 Å². The molecule has 0 aromatic carbocycles. The first-order valence-corrected chi connectivity index (χ1v) is 9.84. The molecule has 176 valence electrons. The van der Waals surface area contributed by atoms with Gasteiger partial charge in [0.2, 0.25) is 0 Å². The number of aliphatic hydroxyl groups excluding tert-OH is 8. The van der Waals surface area contributed by atoms with Gasteiger partial charge in [-0.05, 0) is 6.92 Å². The van der Waals surface area contributed by atoms with Gasteiger partial charge < -0.3 is 65.1 Å². The lowest BCUT2D eigenvalue weighted by Crippen LogP contribution is -2.64. The van der Waals surface area contributed by atoms with Gasteiger partial charge in [-0.1, -0.05) is 0 Å². The van der Waals surface area contributed by atoms with Crippen molar-refractivity contribution >= 4 is 0 Å². The van der Waals surface area contributed by atoms with Gasteiger partial charge in [0.05, 0.1) is 31.5 Å². The number of β-amino-alcohol motifs (C(OH)–C–C–N with tert-alkyl or cyclic N) is 1. The van der Waals surface area contributed by atoms with E-state index < -0.39 is 86.3 Å². The summed E-state index contributed by atoms with van der Waals surface area (Å²) in [5.41, 5.74) is 0. The van der Waals surface area contributed by atoms with E-state index in [1.165, 1.54) is 6.92 Å². The maximum Gasteiger partial charge on any atom is 0.187 e. The molecule has 0 aromatic heterocycles. The molecule has 30 heavy (non-hydrogen) atoms. The average molecular weight is 441 g/mol. The number of rotatable bonds is 6. The second kappa shape index (κ2) is 9.95. The lowest BCUT2D eigenvalue weighted by atomic mass is 9.97. The molecule has 3 saturated heterocycles. The first-order chi connectivity index (χ1) is 14.2. The standard InChI is InChI=1S/C17H31NO12/c1-5-9(22)10(23)12(25)16(27-5)30-15-8(4-20)28-17(13(26)11(15)24)29-14-6(3-19)18-2-7(14)21/h5-26H,2-4H2,1H3/t5-,6-,7-,8-,9-,10+,11-,12-,13-,14-,15-,16-,17-/m1/s1. The van der Waals surface area contributed by atoms with Gasteiger partial charge in [-0.2, -0.15) is 0 Å². The lowest BCUT2D eigenvalue weighted by Gasteiger charge is -2.46. The molecule has 3 heterocycles. The van der Waals surface area contributed by atoms with Crippen molar-refractivity contribution in [3.05, 3.63) is 0 Å². The molecule has 3 rings (SSSR count). The topological polar surface area (TPSA) is 211 Å². The zero-order valence-electron chi connectivity index (χ0n) is 16.3. The van der Waals surface area contributed by atoms with E-state index in [-0.39, 0.29) is 13.2 Å². The Hall–Kier alpha value is -0.520. The minimum absolute atomic E-state index is 0.152. The molecule has 13 nitrogen and oxygen atoms in total. The maximum absolute atomic E-state index is 10.6. The highest BCUT2D eigenvalue weighted by Crippen LogP contribution is 2.30. The number of ether oxygens (including phenoxy) is 4. The number of nitrogens with one attached hydrogen (secondary N) is 1. The quantitative estimate of drug-likeness (QED) is 0.188. The average Bonchev–Trinajstić information content (AvgIpc) is 3.09. The third kappa shape index (κ3) is 4.63. The molecule has 0 spiro atoms. The Morgan fingerprint density at radius 1 is 0.767 bits per heavy atom. The van der Waals surface area contributed by atoms with Gasteiger partial charge >= 0.3 is 0 Å². The van der Waals surface area contributed by atoms with Crippen LogP contribution in [0.4, 0.5) is 0 Å². The Labute approximate surface area is 172 Å². The maximum atomic E-state index is 10.6. The normalized spacial score (nSPS) is 52.5. The first kappa shape index (κ1) is 24.1. The van der Waals surface area contributed by atoms with E-state index in [1.54, 1.807) is 0 Å². The smallest absolute Gasteiger partial charge is 0.187 e. The summed E-state index contributed by atoms with van der Waals surface area (Å²) in [5, 5.41) is 82.7. The molecule has 0 unspecified atom stereocenters. The fourth-order valence-electron chi connectivity index (χ4n) is 3.90. The third-order valence-corrected chi connectivity index (χ3v) is 5.77. The van der Waals surface area contributed by atoms with Crippen LogP contribution in [0.3, 0.4) is 0 Å². The molecule has 0 saturated carbocycles. The van der Waals surface area contributed by atoms with Gasteiger partial charge in [0.1, 0.15) is 48.8 Å². The second-order valence-electron chi connectivity index (χ2n) is 7.85. The molecule has 0 aromatic rings. The van der Waals surface area contributed by atoms with E-state index in [1.807, 2.05) is 0 Å². The van der Waals surface area contributed by atoms with Crippen molar-refractivity contribution in [2.75, 3.05) is 19.8 Å². The second-order valence-corrected chi connectivity index (χ2v) is 7.85. The van der Waals surface area contributed by atoms with E-state index in [2.05, 4.69) is 5.32 Å². The summed E-state index contributed by atoms with van der Waals surface area (Å²) in [6.45, 7) is 0.600. The summed E-state index contributed by atoms with van der Waals surface area (Å²) >= 11 is 0. The molecule has 13 atom stereocenters. The number of aliphatic hydroxyl groups is 8. The summed E-state index contributed by atoms with van der Waals surface area (Å²) in [6, 6.07) is -0.616. The molecule has 9 N–H and O–H groups in total. The van der Waals surface area contributed by atoms with Gasteiger partial charge in [0, 0.05) is 6.54 Å². The van der Waals surface area contributed by atoms with E-state index >= 15 is 0 Å². The highest BCUT2D eigenvalue weighted by Gasteiger charge is 2.51. The monoisotopic (exact) mass is 441 g/mol. The van der Waals surface area contributed by atoms with Crippen LogP contribution in [-0.4, -0.2) is 140 Å². The fourth-order valence-corrected chi connectivity index (χ4v) is 3.90. The van der Waals surface area contributed by atoms with Crippen LogP contribution in [0.5, 0.6) is 0 Å². The first-order valence-electron chi connectivity index (χ1n) is 9.84. The SMILES string of the molecule is C[C@H]1O[C@H](O[C@H]2[C@H](O)[C@@H](O)[C@@H](O[C@H]3[C@H](O)CN[C@@H]3CO)O[C@@H]2CO)[C@H](O)[C@@H](O)[C@@H]1O. The van der Waals surface area contributed by atoms with Gasteiger partial charge in [0.15, 0.2) is 12.6 Å². The summed E-state index contributed by atoms with van der Waals surface area (Å²) in [4.78, 5) is 0.